The number of hydrogen-bond donors (Lipinski definition) is 2. The SMILES string of the molecule is CCCCCCCCCCC=CCCCCCCCC(=O)OCC(O)COC(=O)[C@@H]1CCC(=O)N1. The monoisotopic (exact) mass is 495 g/mol. The quantitative estimate of drug-likeness (QED) is 0.116. The fourth-order valence-electron chi connectivity index (χ4n) is 4.07. The van der Waals surface area contributed by atoms with E-state index in [2.05, 4.69) is 24.4 Å². The summed E-state index contributed by atoms with van der Waals surface area (Å²) in [5.41, 5.74) is 0. The Labute approximate surface area is 212 Å². The van der Waals surface area contributed by atoms with E-state index in [0.717, 1.165) is 25.7 Å². The molecule has 0 radical (unpaired) electrons. The molecule has 0 saturated carbocycles. The van der Waals surface area contributed by atoms with Crippen LogP contribution in [0.1, 0.15) is 122 Å². The summed E-state index contributed by atoms with van der Waals surface area (Å²) in [6, 6.07) is -0.645. The van der Waals surface area contributed by atoms with E-state index in [1.165, 1.54) is 70.6 Å². The molecule has 2 atom stereocenters. The van der Waals surface area contributed by atoms with Crippen LogP contribution in [0, 0.1) is 0 Å². The van der Waals surface area contributed by atoms with Crippen LogP contribution >= 0.6 is 0 Å². The molecule has 1 saturated heterocycles. The van der Waals surface area contributed by atoms with Crippen molar-refractivity contribution in [2.24, 2.45) is 0 Å². The van der Waals surface area contributed by atoms with E-state index >= 15 is 0 Å². The van der Waals surface area contributed by atoms with Crippen LogP contribution in [0.5, 0.6) is 0 Å². The lowest BCUT2D eigenvalue weighted by Crippen LogP contribution is -2.36. The molecular weight excluding hydrogens is 446 g/mol. The number of ether oxygens (including phenoxy) is 2. The fourth-order valence-corrected chi connectivity index (χ4v) is 4.07. The number of hydrogen-bond acceptors (Lipinski definition) is 6. The predicted molar refractivity (Wildman–Crippen MR) is 138 cm³/mol. The van der Waals surface area contributed by atoms with Crippen molar-refractivity contribution in [1.29, 1.82) is 0 Å². The van der Waals surface area contributed by atoms with E-state index in [9.17, 15) is 19.5 Å². The molecule has 1 aliphatic heterocycles. The zero-order valence-corrected chi connectivity index (χ0v) is 21.9. The van der Waals surface area contributed by atoms with Crippen LogP contribution < -0.4 is 5.32 Å². The first-order valence-electron chi connectivity index (χ1n) is 14.0. The van der Waals surface area contributed by atoms with Crippen LogP contribution in [0.4, 0.5) is 0 Å². The minimum atomic E-state index is -1.07. The molecule has 0 spiro atoms. The smallest absolute Gasteiger partial charge is 0.328 e. The van der Waals surface area contributed by atoms with Gasteiger partial charge in [0.1, 0.15) is 25.4 Å². The van der Waals surface area contributed by atoms with Gasteiger partial charge in [0.25, 0.3) is 0 Å². The average Bonchev–Trinajstić information content (AvgIpc) is 3.29. The van der Waals surface area contributed by atoms with Gasteiger partial charge in [0.05, 0.1) is 0 Å². The Hall–Kier alpha value is -1.89. The third kappa shape index (κ3) is 18.1. The van der Waals surface area contributed by atoms with Crippen LogP contribution in [0.3, 0.4) is 0 Å². The van der Waals surface area contributed by atoms with Gasteiger partial charge in [0, 0.05) is 12.8 Å². The normalized spacial score (nSPS) is 16.4. The van der Waals surface area contributed by atoms with E-state index < -0.39 is 18.1 Å². The van der Waals surface area contributed by atoms with Crippen molar-refractivity contribution in [2.75, 3.05) is 13.2 Å². The van der Waals surface area contributed by atoms with Crippen molar-refractivity contribution in [3.63, 3.8) is 0 Å². The van der Waals surface area contributed by atoms with E-state index in [0.29, 0.717) is 19.3 Å². The minimum Gasteiger partial charge on any atom is -0.463 e. The molecule has 0 aromatic heterocycles. The largest absolute Gasteiger partial charge is 0.463 e. The molecule has 2 N–H and O–H groups in total. The van der Waals surface area contributed by atoms with Crippen molar-refractivity contribution in [3.8, 4) is 0 Å². The lowest BCUT2D eigenvalue weighted by molar-refractivity contribution is -0.154. The number of amides is 1. The Morgan fingerprint density at radius 3 is 2.00 bits per heavy atom. The van der Waals surface area contributed by atoms with Crippen LogP contribution in [0.25, 0.3) is 0 Å². The molecule has 0 bridgehead atoms. The van der Waals surface area contributed by atoms with Crippen molar-refractivity contribution < 1.29 is 29.0 Å². The number of nitrogens with one attached hydrogen (secondary N) is 1. The summed E-state index contributed by atoms with van der Waals surface area (Å²) in [7, 11) is 0. The maximum atomic E-state index is 11.8. The van der Waals surface area contributed by atoms with E-state index in [1.54, 1.807) is 0 Å². The minimum absolute atomic E-state index is 0.178. The topological polar surface area (TPSA) is 102 Å². The van der Waals surface area contributed by atoms with Crippen LogP contribution in [-0.4, -0.2) is 48.3 Å². The Kier molecular flexibility index (Phi) is 19.0. The standard InChI is InChI=1S/C28H49NO6/c1-2-3-4-5-6-7-8-9-10-11-12-13-14-15-16-17-18-19-27(32)34-22-24(30)23-35-28(33)25-20-21-26(31)29-25/h11-12,24-25,30H,2-10,13-23H2,1H3,(H,29,31)/t24?,25-/m0/s1. The molecule has 1 heterocycles. The Morgan fingerprint density at radius 2 is 1.43 bits per heavy atom. The lowest BCUT2D eigenvalue weighted by atomic mass is 10.1. The molecular formula is C28H49NO6. The van der Waals surface area contributed by atoms with Gasteiger partial charge in [-0.05, 0) is 38.5 Å². The maximum absolute atomic E-state index is 11.8. The van der Waals surface area contributed by atoms with Crippen molar-refractivity contribution in [3.05, 3.63) is 12.2 Å². The lowest BCUT2D eigenvalue weighted by Gasteiger charge is -2.14. The van der Waals surface area contributed by atoms with Crippen LogP contribution in [0.15, 0.2) is 12.2 Å². The second kappa shape index (κ2) is 21.4. The Balaban J connectivity index is 1.84. The molecule has 0 aromatic rings. The molecule has 1 unspecified atom stereocenters. The zero-order valence-electron chi connectivity index (χ0n) is 21.9. The van der Waals surface area contributed by atoms with Gasteiger partial charge in [0.2, 0.25) is 5.91 Å². The highest BCUT2D eigenvalue weighted by Gasteiger charge is 2.28. The first kappa shape index (κ1) is 31.1. The van der Waals surface area contributed by atoms with E-state index in [-0.39, 0.29) is 25.1 Å². The Morgan fingerprint density at radius 1 is 0.886 bits per heavy atom. The molecule has 1 fully saturated rings. The van der Waals surface area contributed by atoms with Crippen molar-refractivity contribution in [1.82, 2.24) is 5.32 Å². The number of esters is 2. The summed E-state index contributed by atoms with van der Waals surface area (Å²) >= 11 is 0. The van der Waals surface area contributed by atoms with Crippen molar-refractivity contribution in [2.45, 2.75) is 135 Å². The number of carbonyl (C=O) groups is 3. The highest BCUT2D eigenvalue weighted by molar-refractivity contribution is 5.88. The molecule has 1 rings (SSSR count). The molecule has 1 aliphatic rings. The highest BCUT2D eigenvalue weighted by Crippen LogP contribution is 2.12. The van der Waals surface area contributed by atoms with Gasteiger partial charge in [-0.25, -0.2) is 4.79 Å². The number of aliphatic hydroxyl groups excluding tert-OH is 1. The summed E-state index contributed by atoms with van der Waals surface area (Å²) in [4.78, 5) is 34.7. The van der Waals surface area contributed by atoms with E-state index in [1.807, 2.05) is 0 Å². The first-order chi connectivity index (χ1) is 17.0. The summed E-state index contributed by atoms with van der Waals surface area (Å²) in [5.74, 6) is -1.09. The molecule has 202 valence electrons. The average molecular weight is 496 g/mol. The summed E-state index contributed by atoms with van der Waals surface area (Å²) < 4.78 is 10.0. The van der Waals surface area contributed by atoms with Gasteiger partial charge in [-0.3, -0.25) is 9.59 Å². The van der Waals surface area contributed by atoms with E-state index in [4.69, 9.17) is 9.47 Å². The molecule has 7 heteroatoms. The highest BCUT2D eigenvalue weighted by atomic mass is 16.6. The second-order valence-electron chi connectivity index (χ2n) is 9.67. The number of rotatable bonds is 22. The van der Waals surface area contributed by atoms with Crippen LogP contribution in [0.2, 0.25) is 0 Å². The molecule has 0 aliphatic carbocycles. The molecule has 35 heavy (non-hydrogen) atoms. The summed E-state index contributed by atoms with van der Waals surface area (Å²) in [6.07, 6.45) is 23.1. The van der Waals surface area contributed by atoms with Gasteiger partial charge < -0.3 is 19.9 Å². The van der Waals surface area contributed by atoms with Crippen molar-refractivity contribution >= 4 is 17.8 Å². The summed E-state index contributed by atoms with van der Waals surface area (Å²) in [6.45, 7) is 1.80. The fraction of sp³-hybridized carbons (Fsp3) is 0.821. The number of carbonyl (C=O) groups excluding carboxylic acids is 3. The number of allylic oxidation sites excluding steroid dienone is 2. The molecule has 7 nitrogen and oxygen atoms in total. The number of aliphatic hydroxyl groups is 1. The van der Waals surface area contributed by atoms with Gasteiger partial charge >= 0.3 is 11.9 Å². The second-order valence-corrected chi connectivity index (χ2v) is 9.67. The molecule has 1 amide bonds. The third-order valence-corrected chi connectivity index (χ3v) is 6.28. The summed E-state index contributed by atoms with van der Waals surface area (Å²) in [5, 5.41) is 12.3. The van der Waals surface area contributed by atoms with Gasteiger partial charge in [-0.15, -0.1) is 0 Å². The first-order valence-corrected chi connectivity index (χ1v) is 14.0. The van der Waals surface area contributed by atoms with Gasteiger partial charge in [-0.2, -0.15) is 0 Å². The molecule has 0 aromatic carbocycles. The number of unbranched alkanes of at least 4 members (excludes halogenated alkanes) is 13. The zero-order chi connectivity index (χ0) is 25.6. The third-order valence-electron chi connectivity index (χ3n) is 6.28. The van der Waals surface area contributed by atoms with Gasteiger partial charge in [0.15, 0.2) is 0 Å². The Bertz CT molecular complexity index is 606. The van der Waals surface area contributed by atoms with Crippen LogP contribution in [-0.2, 0) is 23.9 Å². The van der Waals surface area contributed by atoms with Gasteiger partial charge in [-0.1, -0.05) is 83.3 Å². The predicted octanol–water partition coefficient (Wildman–Crippen LogP) is 5.53. The maximum Gasteiger partial charge on any atom is 0.328 e.